The molecule has 10 heteroatoms. The molecule has 0 aliphatic carbocycles. The van der Waals surface area contributed by atoms with Gasteiger partial charge in [-0.1, -0.05) is 17.4 Å². The van der Waals surface area contributed by atoms with Gasteiger partial charge in [0.15, 0.2) is 16.3 Å². The van der Waals surface area contributed by atoms with Gasteiger partial charge in [-0.05, 0) is 71.7 Å². The third kappa shape index (κ3) is 4.38. The Morgan fingerprint density at radius 2 is 2.09 bits per heavy atom. The summed E-state index contributed by atoms with van der Waals surface area (Å²) < 4.78 is 19.1. The van der Waals surface area contributed by atoms with Crippen molar-refractivity contribution in [2.45, 2.75) is 19.9 Å². The van der Waals surface area contributed by atoms with Crippen LogP contribution in [0, 0.1) is 3.57 Å². The van der Waals surface area contributed by atoms with Crippen molar-refractivity contribution in [1.29, 1.82) is 0 Å². The number of allylic oxidation sites excluding steroid dienone is 1. The normalized spacial score (nSPS) is 15.8. The zero-order valence-corrected chi connectivity index (χ0v) is 22.2. The van der Waals surface area contributed by atoms with Crippen LogP contribution in [0.1, 0.15) is 30.3 Å². The largest absolute Gasteiger partial charge is 0.493 e. The number of methoxy groups -OCH3 is 2. The number of esters is 1. The van der Waals surface area contributed by atoms with Crippen LogP contribution in [-0.4, -0.2) is 31.4 Å². The molecule has 3 heterocycles. The number of hydrogen-bond acceptors (Lipinski definition) is 8. The number of carbonyl (C=O) groups is 1. The maximum Gasteiger partial charge on any atom is 0.338 e. The summed E-state index contributed by atoms with van der Waals surface area (Å²) in [5, 5.41) is 1.93. The molecule has 0 saturated heterocycles. The lowest BCUT2D eigenvalue weighted by Crippen LogP contribution is -2.39. The molecule has 1 aliphatic heterocycles. The standard InChI is InChI=1S/C23H21IN2O5S2/c1-5-31-22(28)18-12(2)25-23-26(19(18)16-7-6-8-32-16)21(27)17(33-23)11-13-9-14(24)20(30-4)15(10-13)29-3/h6-11,19H,5H2,1-4H3/b17-11-/t19-/m1/s1. The van der Waals surface area contributed by atoms with E-state index < -0.39 is 12.0 Å². The van der Waals surface area contributed by atoms with Crippen molar-refractivity contribution in [2.75, 3.05) is 20.8 Å². The number of carbonyl (C=O) groups excluding carboxylic acids is 1. The topological polar surface area (TPSA) is 79.1 Å². The molecule has 0 amide bonds. The zero-order chi connectivity index (χ0) is 23.7. The first-order valence-corrected chi connectivity index (χ1v) is 12.8. The molecule has 0 spiro atoms. The Labute approximate surface area is 211 Å². The molecule has 4 rings (SSSR count). The first-order valence-electron chi connectivity index (χ1n) is 10.0. The van der Waals surface area contributed by atoms with Gasteiger partial charge >= 0.3 is 5.97 Å². The van der Waals surface area contributed by atoms with E-state index in [1.807, 2.05) is 35.7 Å². The second-order valence-corrected chi connectivity index (χ2v) is 10.2. The number of halogens is 1. The minimum Gasteiger partial charge on any atom is -0.493 e. The van der Waals surface area contributed by atoms with Crippen molar-refractivity contribution in [3.8, 4) is 11.5 Å². The SMILES string of the molecule is CCOC(=O)C1=C(C)N=c2s/c(=C\c3cc(I)c(OC)c(OC)c3)c(=O)n2[C@@H]1c1cccs1. The monoisotopic (exact) mass is 596 g/mol. The number of rotatable bonds is 6. The summed E-state index contributed by atoms with van der Waals surface area (Å²) >= 11 is 4.95. The van der Waals surface area contributed by atoms with Crippen molar-refractivity contribution < 1.29 is 19.0 Å². The minimum absolute atomic E-state index is 0.212. The highest BCUT2D eigenvalue weighted by Crippen LogP contribution is 2.34. The minimum atomic E-state index is -0.576. The van der Waals surface area contributed by atoms with Gasteiger partial charge in [-0.15, -0.1) is 11.3 Å². The number of fused-ring (bicyclic) bond motifs is 1. The molecule has 0 radical (unpaired) electrons. The van der Waals surface area contributed by atoms with Crippen molar-refractivity contribution in [3.63, 3.8) is 0 Å². The zero-order valence-electron chi connectivity index (χ0n) is 18.4. The van der Waals surface area contributed by atoms with Crippen LogP contribution in [0.25, 0.3) is 6.08 Å². The molecule has 1 aromatic carbocycles. The summed E-state index contributed by atoms with van der Waals surface area (Å²) in [6.07, 6.45) is 1.81. The second kappa shape index (κ2) is 9.82. The highest BCUT2D eigenvalue weighted by Gasteiger charge is 2.33. The Morgan fingerprint density at radius 1 is 1.30 bits per heavy atom. The van der Waals surface area contributed by atoms with Crippen molar-refractivity contribution in [2.24, 2.45) is 4.99 Å². The van der Waals surface area contributed by atoms with Gasteiger partial charge < -0.3 is 14.2 Å². The molecule has 1 aliphatic rings. The molecule has 172 valence electrons. The molecular weight excluding hydrogens is 575 g/mol. The van der Waals surface area contributed by atoms with E-state index in [9.17, 15) is 9.59 Å². The van der Waals surface area contributed by atoms with Gasteiger partial charge in [0.05, 0.1) is 40.2 Å². The summed E-state index contributed by atoms with van der Waals surface area (Å²) in [5.74, 6) is 0.769. The lowest BCUT2D eigenvalue weighted by atomic mass is 10.0. The van der Waals surface area contributed by atoms with Gasteiger partial charge in [0.2, 0.25) is 0 Å². The van der Waals surface area contributed by atoms with E-state index in [2.05, 4.69) is 27.6 Å². The van der Waals surface area contributed by atoms with Crippen molar-refractivity contribution in [1.82, 2.24) is 4.57 Å². The van der Waals surface area contributed by atoms with Gasteiger partial charge in [0, 0.05) is 4.88 Å². The molecule has 33 heavy (non-hydrogen) atoms. The van der Waals surface area contributed by atoms with Crippen LogP contribution in [0.15, 0.2) is 50.7 Å². The van der Waals surface area contributed by atoms with Gasteiger partial charge in [-0.2, -0.15) is 0 Å². The quantitative estimate of drug-likeness (QED) is 0.322. The van der Waals surface area contributed by atoms with Crippen LogP contribution in [0.3, 0.4) is 0 Å². The van der Waals surface area contributed by atoms with Crippen LogP contribution in [0.2, 0.25) is 0 Å². The number of benzene rings is 1. The fraction of sp³-hybridized carbons (Fsp3) is 0.261. The molecule has 0 N–H and O–H groups in total. The Balaban J connectivity index is 1.92. The molecule has 2 aromatic heterocycles. The van der Waals surface area contributed by atoms with E-state index in [4.69, 9.17) is 14.2 Å². The average molecular weight is 596 g/mol. The third-order valence-electron chi connectivity index (χ3n) is 5.08. The van der Waals surface area contributed by atoms with E-state index in [-0.39, 0.29) is 12.2 Å². The van der Waals surface area contributed by atoms with Crippen LogP contribution < -0.4 is 24.4 Å². The lowest BCUT2D eigenvalue weighted by molar-refractivity contribution is -0.139. The smallest absolute Gasteiger partial charge is 0.338 e. The Kier molecular flexibility index (Phi) is 7.05. The third-order valence-corrected chi connectivity index (χ3v) is 7.79. The summed E-state index contributed by atoms with van der Waals surface area (Å²) in [7, 11) is 3.16. The van der Waals surface area contributed by atoms with Crippen molar-refractivity contribution in [3.05, 3.63) is 74.6 Å². The molecule has 0 fully saturated rings. The Bertz CT molecular complexity index is 1420. The highest BCUT2D eigenvalue weighted by atomic mass is 127. The molecule has 7 nitrogen and oxygen atoms in total. The van der Waals surface area contributed by atoms with Gasteiger partial charge in [-0.3, -0.25) is 9.36 Å². The highest BCUT2D eigenvalue weighted by molar-refractivity contribution is 14.1. The van der Waals surface area contributed by atoms with E-state index in [1.165, 1.54) is 22.7 Å². The fourth-order valence-electron chi connectivity index (χ4n) is 3.68. The van der Waals surface area contributed by atoms with Crippen LogP contribution in [-0.2, 0) is 9.53 Å². The molecule has 1 atom stereocenters. The number of thiazole rings is 1. The van der Waals surface area contributed by atoms with E-state index in [1.54, 1.807) is 32.6 Å². The first kappa shape index (κ1) is 23.7. The number of nitrogens with zero attached hydrogens (tertiary/aromatic N) is 2. The van der Waals surface area contributed by atoms with Crippen LogP contribution >= 0.6 is 45.3 Å². The summed E-state index contributed by atoms with van der Waals surface area (Å²) in [6, 6.07) is 6.99. The summed E-state index contributed by atoms with van der Waals surface area (Å²) in [5.41, 5.74) is 1.53. The van der Waals surface area contributed by atoms with Crippen molar-refractivity contribution >= 4 is 57.3 Å². The molecular formula is C23H21IN2O5S2. The Morgan fingerprint density at radius 3 is 2.73 bits per heavy atom. The second-order valence-electron chi connectivity index (χ2n) is 7.06. The van der Waals surface area contributed by atoms with Gasteiger partial charge in [-0.25, -0.2) is 9.79 Å². The molecule has 0 unspecified atom stereocenters. The molecule has 0 bridgehead atoms. The number of hydrogen-bond donors (Lipinski definition) is 0. The maximum absolute atomic E-state index is 13.6. The predicted molar refractivity (Wildman–Crippen MR) is 137 cm³/mol. The molecule has 3 aromatic rings. The van der Waals surface area contributed by atoms with E-state index in [0.717, 1.165) is 14.0 Å². The number of aromatic nitrogens is 1. The van der Waals surface area contributed by atoms with Crippen LogP contribution in [0.5, 0.6) is 11.5 Å². The Hall–Kier alpha value is -2.44. The van der Waals surface area contributed by atoms with E-state index in [0.29, 0.717) is 32.1 Å². The average Bonchev–Trinajstić information content (AvgIpc) is 3.41. The van der Waals surface area contributed by atoms with Gasteiger partial charge in [0.1, 0.15) is 6.04 Å². The maximum atomic E-state index is 13.6. The summed E-state index contributed by atoms with van der Waals surface area (Å²) in [6.45, 7) is 3.78. The number of ether oxygens (including phenoxy) is 3. The molecule has 0 saturated carbocycles. The van der Waals surface area contributed by atoms with E-state index >= 15 is 0 Å². The predicted octanol–water partition coefficient (Wildman–Crippen LogP) is 3.48. The fourth-order valence-corrected chi connectivity index (χ4v) is 6.40. The van der Waals surface area contributed by atoms with Crippen LogP contribution in [0.4, 0.5) is 0 Å². The first-order chi connectivity index (χ1) is 15.9. The van der Waals surface area contributed by atoms with Gasteiger partial charge in [0.25, 0.3) is 5.56 Å². The number of thiophene rings is 1. The summed E-state index contributed by atoms with van der Waals surface area (Å²) in [4.78, 5) is 32.4. The lowest BCUT2D eigenvalue weighted by Gasteiger charge is -2.23.